The molecule has 36 nitrogen and oxygen atoms in total. The smallest absolute Gasteiger partial charge is 0.222 e. The Kier molecular flexibility index (Phi) is 44.3. The molecular weight excluding hydrogens is 1310 g/mol. The summed E-state index contributed by atoms with van der Waals surface area (Å²) in [5.41, 5.74) is -0.993. The van der Waals surface area contributed by atoms with Gasteiger partial charge in [-0.05, 0) is 71.3 Å². The van der Waals surface area contributed by atoms with Gasteiger partial charge in [0.1, 0.15) is 54.8 Å². The minimum Gasteiger partial charge on any atom is -0.396 e. The van der Waals surface area contributed by atoms with Crippen LogP contribution in [0, 0.1) is 5.92 Å². The van der Waals surface area contributed by atoms with Crippen molar-refractivity contribution in [2.45, 2.75) is 215 Å². The first-order valence-electron chi connectivity index (χ1n) is 34.3. The number of carbonyl (C=O) groups excluding carboxylic acids is 9. The molecular formula is C63H114N10O26. The van der Waals surface area contributed by atoms with Gasteiger partial charge in [0, 0.05) is 131 Å². The van der Waals surface area contributed by atoms with Gasteiger partial charge in [0.2, 0.25) is 53.2 Å². The van der Waals surface area contributed by atoms with E-state index in [1.165, 1.54) is 20.8 Å². The second kappa shape index (κ2) is 50.0. The molecule has 19 N–H and O–H groups in total. The summed E-state index contributed by atoms with van der Waals surface area (Å²) in [5, 5.41) is 118. The van der Waals surface area contributed by atoms with Crippen molar-refractivity contribution in [2.75, 3.05) is 126 Å². The van der Waals surface area contributed by atoms with Crippen LogP contribution >= 0.6 is 0 Å². The van der Waals surface area contributed by atoms with Gasteiger partial charge in [0.15, 0.2) is 12.6 Å². The highest BCUT2D eigenvalue weighted by molar-refractivity contribution is 5.78. The topological polar surface area (TPSA) is 530 Å². The highest BCUT2D eigenvalue weighted by Gasteiger charge is 2.47. The van der Waals surface area contributed by atoms with Crippen molar-refractivity contribution in [3.8, 4) is 0 Å². The second-order valence-corrected chi connectivity index (χ2v) is 24.9. The van der Waals surface area contributed by atoms with E-state index < -0.39 is 128 Å². The zero-order valence-corrected chi connectivity index (χ0v) is 57.7. The largest absolute Gasteiger partial charge is 0.396 e. The fourth-order valence-corrected chi connectivity index (χ4v) is 10.9. The van der Waals surface area contributed by atoms with Crippen LogP contribution in [0.1, 0.15) is 124 Å². The molecule has 1 aliphatic carbocycles. The molecule has 0 bridgehead atoms. The number of amides is 9. The van der Waals surface area contributed by atoms with Crippen molar-refractivity contribution in [1.29, 1.82) is 0 Å². The number of carbonyl (C=O) groups is 9. The average Bonchev–Trinajstić information content (AvgIpc) is 0.824. The molecule has 0 spiro atoms. The lowest BCUT2D eigenvalue weighted by Gasteiger charge is -2.42. The van der Waals surface area contributed by atoms with E-state index in [1.807, 2.05) is 0 Å². The normalized spacial score (nSPS) is 25.8. The first-order chi connectivity index (χ1) is 47.4. The lowest BCUT2D eigenvalue weighted by molar-refractivity contribution is -0.270. The number of aliphatic hydroxyl groups excluding tert-OH is 9. The zero-order valence-electron chi connectivity index (χ0n) is 57.7. The summed E-state index contributed by atoms with van der Waals surface area (Å²) in [6, 6.07) is -2.99. The van der Waals surface area contributed by atoms with Crippen molar-refractivity contribution in [1.82, 2.24) is 53.2 Å². The number of unbranched alkanes of at least 4 members (excludes halogenated alkanes) is 3. The van der Waals surface area contributed by atoms with Crippen LogP contribution in [0.4, 0.5) is 0 Å². The van der Waals surface area contributed by atoms with Gasteiger partial charge in [-0.3, -0.25) is 43.2 Å². The Morgan fingerprint density at radius 1 is 0.384 bits per heavy atom. The number of hydrogen-bond donors (Lipinski definition) is 19. The molecule has 9 amide bonds. The molecule has 572 valence electrons. The van der Waals surface area contributed by atoms with Gasteiger partial charge in [-0.25, -0.2) is 0 Å². The third kappa shape index (κ3) is 34.8. The summed E-state index contributed by atoms with van der Waals surface area (Å²) in [6.45, 7) is 4.43. The highest BCUT2D eigenvalue weighted by atomic mass is 16.7. The predicted molar refractivity (Wildman–Crippen MR) is 349 cm³/mol. The predicted octanol–water partition coefficient (Wildman–Crippen LogP) is -6.91. The minimum absolute atomic E-state index is 0.00132. The van der Waals surface area contributed by atoms with Crippen molar-refractivity contribution in [3.05, 3.63) is 0 Å². The third-order valence-corrected chi connectivity index (χ3v) is 16.6. The number of rotatable bonds is 52. The number of aliphatic hydroxyl groups is 9. The Bertz CT molecular complexity index is 2130. The van der Waals surface area contributed by atoms with Gasteiger partial charge in [-0.15, -0.1) is 0 Å². The van der Waals surface area contributed by atoms with Crippen LogP contribution in [0.25, 0.3) is 0 Å². The molecule has 2 aliphatic heterocycles. The number of hydrogen-bond acceptors (Lipinski definition) is 27. The average molecular weight is 1430 g/mol. The van der Waals surface area contributed by atoms with Crippen LogP contribution in [0.3, 0.4) is 0 Å². The van der Waals surface area contributed by atoms with E-state index in [2.05, 4.69) is 53.2 Å². The van der Waals surface area contributed by atoms with E-state index in [0.29, 0.717) is 77.4 Å². The number of ether oxygens (including phenoxy) is 8. The highest BCUT2D eigenvalue weighted by Crippen LogP contribution is 2.29. The van der Waals surface area contributed by atoms with E-state index in [9.17, 15) is 89.1 Å². The van der Waals surface area contributed by atoms with Gasteiger partial charge in [0.05, 0.1) is 76.6 Å². The maximum Gasteiger partial charge on any atom is 0.222 e. The number of nitrogens with one attached hydrogen (secondary N) is 10. The molecule has 36 heteroatoms. The molecule has 0 aromatic rings. The van der Waals surface area contributed by atoms with Crippen LogP contribution in [0.2, 0.25) is 0 Å². The molecule has 0 radical (unpaired) electrons. The van der Waals surface area contributed by atoms with Crippen molar-refractivity contribution < 1.29 is 127 Å². The molecule has 3 aliphatic rings. The fourth-order valence-electron chi connectivity index (χ4n) is 10.9. The molecule has 9 unspecified atom stereocenters. The van der Waals surface area contributed by atoms with E-state index in [4.69, 9.17) is 37.9 Å². The van der Waals surface area contributed by atoms with Crippen LogP contribution in [0.5, 0.6) is 0 Å². The Morgan fingerprint density at radius 3 is 1.01 bits per heavy atom. The summed E-state index contributed by atoms with van der Waals surface area (Å²) in [4.78, 5) is 111. The van der Waals surface area contributed by atoms with Crippen molar-refractivity contribution in [3.63, 3.8) is 0 Å². The number of likely N-dealkylation sites (N-methyl/N-ethyl adjacent to an activating group) is 1. The summed E-state index contributed by atoms with van der Waals surface area (Å²) >= 11 is 0. The molecule has 2 heterocycles. The van der Waals surface area contributed by atoms with E-state index in [0.717, 1.165) is 0 Å². The third-order valence-electron chi connectivity index (χ3n) is 16.6. The maximum absolute atomic E-state index is 12.8. The summed E-state index contributed by atoms with van der Waals surface area (Å²) < 4.78 is 46.2. The summed E-state index contributed by atoms with van der Waals surface area (Å²) in [6.07, 6.45) is -8.58. The first-order valence-corrected chi connectivity index (χ1v) is 34.3. The molecule has 3 rings (SSSR count). The quantitative estimate of drug-likeness (QED) is 0.0252. The SMILES string of the molecule is CNC(COCCC(=O)NCCCNC(=O)CCCCO[C@@H]1OC(CO)[C@H](O)C(O)C1NC(C)=O)(COCCC(=O)NCCCNC(=O)CCCCO[C@@H]1OC(CO)[C@H](O)C(O)[C@@H]1NC(C)=O)COCCC(=O)NCCCNC(=O)CCCCO[C@@H]1CC(CO)[C@H](O)C(O)C1NC(C)=O. The lowest BCUT2D eigenvalue weighted by Crippen LogP contribution is -2.64. The maximum atomic E-state index is 12.8. The van der Waals surface area contributed by atoms with Gasteiger partial charge in [-0.1, -0.05) is 0 Å². The van der Waals surface area contributed by atoms with Gasteiger partial charge in [-0.2, -0.15) is 0 Å². The van der Waals surface area contributed by atoms with E-state index in [-0.39, 0.29) is 166 Å². The molecule has 3 fully saturated rings. The molecule has 99 heavy (non-hydrogen) atoms. The summed E-state index contributed by atoms with van der Waals surface area (Å²) in [7, 11) is 1.66. The zero-order chi connectivity index (χ0) is 73.1. The van der Waals surface area contributed by atoms with E-state index in [1.54, 1.807) is 7.05 Å². The minimum atomic E-state index is -1.44. The molecule has 1 saturated carbocycles. The first kappa shape index (κ1) is 87.7. The Morgan fingerprint density at radius 2 is 0.697 bits per heavy atom. The Labute approximate surface area is 577 Å². The standard InChI is InChI=1S/C63H114N10O26/c1-39(77)71-52-43(32-42(33-74)55(86)58(52)89)95-26-8-5-14-46(80)65-20-11-23-68-49(83)17-29-92-36-63(64-4,37-93-30-18-50(84)69-24-12-21-66-47(81)15-6-9-27-96-61-53(72-40(2)78)59(90)56(87)44(34-75)98-61)38-94-31-19-51(85)70-25-13-22-67-48(82)16-7-10-28-97-62-54(73-41(3)79)60(91)57(88)45(35-76)99-62/h42-45,52-62,64,74-76,86-91H,5-38H2,1-4H3,(H,65,80)(H,66,81)(H,67,82)(H,68,83)(H,69,84)(H,70,85)(H,71,77)(H,72,78)(H,73,79)/t42?,43-,44?,45?,52?,53+,54?,55+,56+,57+,58?,59?,60?,61-,62-,63?/m1/s1. The van der Waals surface area contributed by atoms with Crippen LogP contribution in [0.15, 0.2) is 0 Å². The van der Waals surface area contributed by atoms with Crippen molar-refractivity contribution in [2.24, 2.45) is 5.92 Å². The van der Waals surface area contributed by atoms with Crippen molar-refractivity contribution >= 4 is 53.2 Å². The van der Waals surface area contributed by atoms with Gasteiger partial charge < -0.3 is 137 Å². The van der Waals surface area contributed by atoms with E-state index >= 15 is 0 Å². The summed E-state index contributed by atoms with van der Waals surface area (Å²) in [5.74, 6) is -3.50. The van der Waals surface area contributed by atoms with Crippen LogP contribution in [-0.2, 0) is 81.0 Å². The second-order valence-electron chi connectivity index (χ2n) is 24.9. The Hall–Kier alpha value is -5.49. The lowest BCUT2D eigenvalue weighted by atomic mass is 9.79. The molecule has 16 atom stereocenters. The van der Waals surface area contributed by atoms with Gasteiger partial charge in [0.25, 0.3) is 0 Å². The fraction of sp³-hybridized carbons (Fsp3) is 0.857. The molecule has 0 aromatic heterocycles. The molecule has 0 aromatic carbocycles. The van der Waals surface area contributed by atoms with Gasteiger partial charge >= 0.3 is 0 Å². The monoisotopic (exact) mass is 1430 g/mol. The molecule has 2 saturated heterocycles. The van der Waals surface area contributed by atoms with Crippen LogP contribution in [-0.4, -0.2) is 316 Å². The van der Waals surface area contributed by atoms with Crippen LogP contribution < -0.4 is 53.2 Å². The Balaban J connectivity index is 1.36.